The molecular formula is C18H18FN5O2. The molecule has 0 radical (unpaired) electrons. The number of fused-ring (bicyclic) bond motifs is 1. The molecule has 1 aromatic carbocycles. The fraction of sp³-hybridized carbons (Fsp3) is 0.278. The molecule has 1 amide bonds. The van der Waals surface area contributed by atoms with Gasteiger partial charge in [0.1, 0.15) is 11.5 Å². The molecule has 3 aromatic rings. The van der Waals surface area contributed by atoms with Crippen LogP contribution in [0.2, 0.25) is 0 Å². The van der Waals surface area contributed by atoms with E-state index in [1.165, 1.54) is 16.7 Å². The van der Waals surface area contributed by atoms with Crippen molar-refractivity contribution in [1.82, 2.24) is 18.9 Å². The van der Waals surface area contributed by atoms with Crippen molar-refractivity contribution in [2.24, 2.45) is 12.8 Å². The number of hydrogen-bond donors (Lipinski definition) is 1. The van der Waals surface area contributed by atoms with E-state index in [1.807, 2.05) is 0 Å². The number of hydrogen-bond acceptors (Lipinski definition) is 4. The number of carbonyl (C=O) groups excluding carboxylic acids is 1. The molecule has 134 valence electrons. The zero-order valence-corrected chi connectivity index (χ0v) is 14.2. The fourth-order valence-electron chi connectivity index (χ4n) is 3.25. The number of carbonyl (C=O) groups is 1. The molecule has 7 nitrogen and oxygen atoms in total. The third-order valence-corrected chi connectivity index (χ3v) is 4.72. The molecule has 1 saturated heterocycles. The molecule has 1 aliphatic rings. The highest BCUT2D eigenvalue weighted by Crippen LogP contribution is 2.19. The van der Waals surface area contributed by atoms with Crippen LogP contribution in [-0.4, -0.2) is 43.9 Å². The maximum Gasteiger partial charge on any atom is 0.294 e. The number of imidazole rings is 1. The average Bonchev–Trinajstić information content (AvgIpc) is 3.25. The van der Waals surface area contributed by atoms with Gasteiger partial charge in [-0.1, -0.05) is 0 Å². The van der Waals surface area contributed by atoms with Crippen molar-refractivity contribution in [3.8, 4) is 11.3 Å². The van der Waals surface area contributed by atoms with Gasteiger partial charge in [-0.15, -0.1) is 0 Å². The Morgan fingerprint density at radius 1 is 1.27 bits per heavy atom. The number of likely N-dealkylation sites (tertiary alicyclic amines) is 1. The second-order valence-electron chi connectivity index (χ2n) is 6.54. The van der Waals surface area contributed by atoms with Crippen molar-refractivity contribution < 1.29 is 9.18 Å². The van der Waals surface area contributed by atoms with Gasteiger partial charge in [-0.3, -0.25) is 14.0 Å². The molecule has 8 heteroatoms. The van der Waals surface area contributed by atoms with Gasteiger partial charge in [0, 0.05) is 38.6 Å². The standard InChI is InChI=1S/C18H18FN5O2/c1-22-15(11-2-4-12(19)5-3-11)10-24-9-14(21-16(24)18(22)26)17(25)23-7-6-13(20)8-23/h2-5,9-10,13H,6-8,20H2,1H3/t13-/m0/s1. The van der Waals surface area contributed by atoms with E-state index in [0.717, 1.165) is 6.42 Å². The Bertz CT molecular complexity index is 1050. The number of rotatable bonds is 2. The van der Waals surface area contributed by atoms with Crippen LogP contribution in [0.5, 0.6) is 0 Å². The van der Waals surface area contributed by atoms with Crippen LogP contribution in [0.25, 0.3) is 16.9 Å². The van der Waals surface area contributed by atoms with Crippen molar-refractivity contribution >= 4 is 11.6 Å². The first-order valence-electron chi connectivity index (χ1n) is 8.33. The number of nitrogens with two attached hydrogens (primary N) is 1. The molecule has 1 aliphatic heterocycles. The smallest absolute Gasteiger partial charge is 0.294 e. The summed E-state index contributed by atoms with van der Waals surface area (Å²) in [4.78, 5) is 31.1. The largest absolute Gasteiger partial charge is 0.336 e. The van der Waals surface area contributed by atoms with Gasteiger partial charge in [-0.2, -0.15) is 0 Å². The Kier molecular flexibility index (Phi) is 3.84. The highest BCUT2D eigenvalue weighted by molar-refractivity contribution is 5.93. The minimum Gasteiger partial charge on any atom is -0.336 e. The molecule has 1 atom stereocenters. The van der Waals surface area contributed by atoms with Gasteiger partial charge in [-0.05, 0) is 36.2 Å². The van der Waals surface area contributed by atoms with E-state index in [4.69, 9.17) is 5.73 Å². The monoisotopic (exact) mass is 355 g/mol. The molecule has 2 aromatic heterocycles. The summed E-state index contributed by atoms with van der Waals surface area (Å²) in [5.41, 5.74) is 7.21. The summed E-state index contributed by atoms with van der Waals surface area (Å²) in [5.74, 6) is -0.578. The number of halogens is 1. The first kappa shape index (κ1) is 16.5. The summed E-state index contributed by atoms with van der Waals surface area (Å²) < 4.78 is 16.2. The molecule has 0 bridgehead atoms. The fourth-order valence-corrected chi connectivity index (χ4v) is 3.25. The van der Waals surface area contributed by atoms with Crippen molar-refractivity contribution in [1.29, 1.82) is 0 Å². The Balaban J connectivity index is 1.79. The van der Waals surface area contributed by atoms with Gasteiger partial charge in [0.25, 0.3) is 11.5 Å². The third kappa shape index (κ3) is 2.68. The van der Waals surface area contributed by atoms with Crippen LogP contribution >= 0.6 is 0 Å². The minimum absolute atomic E-state index is 0.0195. The van der Waals surface area contributed by atoms with Crippen LogP contribution in [-0.2, 0) is 7.05 Å². The normalized spacial score (nSPS) is 17.2. The first-order valence-corrected chi connectivity index (χ1v) is 8.33. The van der Waals surface area contributed by atoms with E-state index < -0.39 is 0 Å². The number of nitrogens with zero attached hydrogens (tertiary/aromatic N) is 4. The lowest BCUT2D eigenvalue weighted by molar-refractivity contribution is 0.0786. The van der Waals surface area contributed by atoms with Crippen molar-refractivity contribution in [2.75, 3.05) is 13.1 Å². The summed E-state index contributed by atoms with van der Waals surface area (Å²) in [7, 11) is 1.62. The molecule has 2 N–H and O–H groups in total. The van der Waals surface area contributed by atoms with E-state index in [9.17, 15) is 14.0 Å². The maximum absolute atomic E-state index is 13.2. The molecule has 0 unspecified atom stereocenters. The SMILES string of the molecule is Cn1c(-c2ccc(F)cc2)cn2cc(C(=O)N3CC[C@H](N)C3)nc2c1=O. The van der Waals surface area contributed by atoms with Crippen LogP contribution in [0.1, 0.15) is 16.9 Å². The van der Waals surface area contributed by atoms with Gasteiger partial charge in [0.05, 0.1) is 5.69 Å². The minimum atomic E-state index is -0.348. The average molecular weight is 355 g/mol. The zero-order valence-electron chi connectivity index (χ0n) is 14.2. The Morgan fingerprint density at radius 2 is 2.00 bits per heavy atom. The van der Waals surface area contributed by atoms with E-state index >= 15 is 0 Å². The summed E-state index contributed by atoms with van der Waals surface area (Å²) >= 11 is 0. The van der Waals surface area contributed by atoms with E-state index in [2.05, 4.69) is 4.98 Å². The van der Waals surface area contributed by atoms with E-state index in [-0.39, 0.29) is 34.7 Å². The second-order valence-corrected chi connectivity index (χ2v) is 6.54. The molecule has 26 heavy (non-hydrogen) atoms. The summed E-state index contributed by atoms with van der Waals surface area (Å²) in [6.45, 7) is 1.08. The molecule has 4 rings (SSSR count). The first-order chi connectivity index (χ1) is 12.4. The molecule has 0 aliphatic carbocycles. The zero-order chi connectivity index (χ0) is 18.4. The molecule has 1 fully saturated rings. The Hall–Kier alpha value is -3.00. The van der Waals surface area contributed by atoms with Crippen LogP contribution in [0.4, 0.5) is 4.39 Å². The maximum atomic E-state index is 13.2. The predicted molar refractivity (Wildman–Crippen MR) is 94.3 cm³/mol. The molecule has 0 spiro atoms. The van der Waals surface area contributed by atoms with Gasteiger partial charge >= 0.3 is 0 Å². The van der Waals surface area contributed by atoms with E-state index in [0.29, 0.717) is 24.3 Å². The number of benzene rings is 1. The molecular weight excluding hydrogens is 337 g/mol. The highest BCUT2D eigenvalue weighted by atomic mass is 19.1. The Labute approximate surface area is 148 Å². The van der Waals surface area contributed by atoms with Gasteiger partial charge < -0.3 is 15.2 Å². The Morgan fingerprint density at radius 3 is 2.65 bits per heavy atom. The van der Waals surface area contributed by atoms with Crippen LogP contribution < -0.4 is 11.3 Å². The number of aromatic nitrogens is 3. The van der Waals surface area contributed by atoms with Crippen LogP contribution in [0.3, 0.4) is 0 Å². The molecule has 3 heterocycles. The number of amides is 1. The lowest BCUT2D eigenvalue weighted by Crippen LogP contribution is -2.32. The van der Waals surface area contributed by atoms with Gasteiger partial charge in [0.15, 0.2) is 0 Å². The van der Waals surface area contributed by atoms with Crippen molar-refractivity contribution in [3.63, 3.8) is 0 Å². The third-order valence-electron chi connectivity index (χ3n) is 4.72. The topological polar surface area (TPSA) is 85.6 Å². The van der Waals surface area contributed by atoms with Gasteiger partial charge in [0.2, 0.25) is 5.65 Å². The highest BCUT2D eigenvalue weighted by Gasteiger charge is 2.26. The predicted octanol–water partition coefficient (Wildman–Crippen LogP) is 1.01. The second kappa shape index (κ2) is 6.06. The van der Waals surface area contributed by atoms with Crippen LogP contribution in [0, 0.1) is 5.82 Å². The summed E-state index contributed by atoms with van der Waals surface area (Å²) in [5, 5.41) is 0. The lowest BCUT2D eigenvalue weighted by atomic mass is 10.1. The molecule has 0 saturated carbocycles. The summed E-state index contributed by atoms with van der Waals surface area (Å²) in [6.07, 6.45) is 4.02. The van der Waals surface area contributed by atoms with E-state index in [1.54, 1.807) is 40.9 Å². The van der Waals surface area contributed by atoms with Crippen LogP contribution in [0.15, 0.2) is 41.5 Å². The van der Waals surface area contributed by atoms with Crippen molar-refractivity contribution in [3.05, 3.63) is 58.5 Å². The van der Waals surface area contributed by atoms with Gasteiger partial charge in [-0.25, -0.2) is 9.37 Å². The lowest BCUT2D eigenvalue weighted by Gasteiger charge is -2.13. The van der Waals surface area contributed by atoms with Crippen molar-refractivity contribution in [2.45, 2.75) is 12.5 Å². The quantitative estimate of drug-likeness (QED) is 0.743. The summed E-state index contributed by atoms with van der Waals surface area (Å²) in [6, 6.07) is 5.86.